The highest BCUT2D eigenvalue weighted by molar-refractivity contribution is 5.91. The third kappa shape index (κ3) is 5.56. The Morgan fingerprint density at radius 1 is 0.950 bits per heavy atom. The molecule has 0 spiro atoms. The minimum absolute atomic E-state index is 0.148. The summed E-state index contributed by atoms with van der Waals surface area (Å²) in [5.74, 6) is -0.115. The number of carbonyl (C=O) groups excluding carboxylic acids is 1. The first-order chi connectivity index (χ1) is 19.3. The molecule has 10 heteroatoms. The largest absolute Gasteiger partial charge is 0.476 e. The van der Waals surface area contributed by atoms with Crippen molar-refractivity contribution in [3.8, 4) is 34.1 Å². The minimum Gasteiger partial charge on any atom is -0.476 e. The number of anilines is 1. The third-order valence-corrected chi connectivity index (χ3v) is 6.28. The van der Waals surface area contributed by atoms with Gasteiger partial charge in [0.15, 0.2) is 5.76 Å². The summed E-state index contributed by atoms with van der Waals surface area (Å²) in [6, 6.07) is 24.3. The van der Waals surface area contributed by atoms with Gasteiger partial charge in [-0.25, -0.2) is 14.6 Å². The van der Waals surface area contributed by atoms with E-state index >= 15 is 0 Å². The van der Waals surface area contributed by atoms with Crippen LogP contribution in [0.1, 0.15) is 34.8 Å². The van der Waals surface area contributed by atoms with Crippen molar-refractivity contribution in [2.45, 2.75) is 20.0 Å². The van der Waals surface area contributed by atoms with E-state index in [2.05, 4.69) is 15.5 Å². The molecular formula is C30H26N4O6. The fourth-order valence-electron chi connectivity index (χ4n) is 4.13. The number of hydrogen-bond donors (Lipinski definition) is 2. The minimum atomic E-state index is -1.16. The first-order valence-corrected chi connectivity index (χ1v) is 12.4. The van der Waals surface area contributed by atoms with E-state index in [4.69, 9.17) is 14.0 Å². The highest BCUT2D eigenvalue weighted by Crippen LogP contribution is 2.34. The molecule has 2 aromatic heterocycles. The second kappa shape index (κ2) is 11.2. The summed E-state index contributed by atoms with van der Waals surface area (Å²) in [6.07, 6.45) is 0.355. The summed E-state index contributed by atoms with van der Waals surface area (Å²) in [4.78, 5) is 27.8. The van der Waals surface area contributed by atoms with E-state index in [1.807, 2.05) is 66.7 Å². The van der Waals surface area contributed by atoms with Gasteiger partial charge in [0.1, 0.15) is 23.2 Å². The van der Waals surface area contributed by atoms with Crippen molar-refractivity contribution >= 4 is 17.7 Å². The Kier molecular flexibility index (Phi) is 7.32. The van der Waals surface area contributed by atoms with Crippen molar-refractivity contribution in [2.24, 2.45) is 7.05 Å². The molecule has 0 bridgehead atoms. The number of hydrogen-bond acceptors (Lipinski definition) is 7. The van der Waals surface area contributed by atoms with Crippen LogP contribution in [0.3, 0.4) is 0 Å². The lowest BCUT2D eigenvalue weighted by Crippen LogP contribution is -2.16. The number of amides is 1. The number of carboxylic acids is 1. The summed E-state index contributed by atoms with van der Waals surface area (Å²) in [5, 5.41) is 16.1. The summed E-state index contributed by atoms with van der Waals surface area (Å²) in [6.45, 7) is 3.55. The number of carbonyl (C=O) groups is 2. The van der Waals surface area contributed by atoms with Gasteiger partial charge in [-0.05, 0) is 42.7 Å². The number of imidazole rings is 1. The van der Waals surface area contributed by atoms with E-state index in [1.54, 1.807) is 33.0 Å². The quantitative estimate of drug-likeness (QED) is 0.219. The zero-order valence-corrected chi connectivity index (χ0v) is 22.0. The van der Waals surface area contributed by atoms with Gasteiger partial charge < -0.3 is 23.7 Å². The number of aromatic nitrogens is 3. The van der Waals surface area contributed by atoms with Crippen LogP contribution in [0.25, 0.3) is 22.5 Å². The van der Waals surface area contributed by atoms with Crippen LogP contribution in [0.4, 0.5) is 10.5 Å². The molecule has 0 aliphatic carbocycles. The van der Waals surface area contributed by atoms with Crippen molar-refractivity contribution in [3.05, 3.63) is 102 Å². The number of benzene rings is 3. The van der Waals surface area contributed by atoms with E-state index in [1.165, 1.54) is 10.9 Å². The number of rotatable bonds is 8. The summed E-state index contributed by atoms with van der Waals surface area (Å²) in [5.41, 5.74) is 4.29. The van der Waals surface area contributed by atoms with Gasteiger partial charge >= 0.3 is 12.1 Å². The zero-order valence-electron chi connectivity index (χ0n) is 22.0. The molecule has 0 aliphatic rings. The standard InChI is InChI=1S/C30H26N4O6/c1-18-25(32-30(37)38-19(2)20-7-5-4-6-8-20)27(40-33-18)23-11-9-21(10-12-23)22-13-15-24(16-14-22)39-28-26(29(35)36)31-17-34(28)3/h4-17,19H,1-3H3,(H,32,37)(H,35,36)/t19-/m1/s1. The van der Waals surface area contributed by atoms with Crippen molar-refractivity contribution in [1.82, 2.24) is 14.7 Å². The van der Waals surface area contributed by atoms with Crippen LogP contribution in [0.2, 0.25) is 0 Å². The fourth-order valence-corrected chi connectivity index (χ4v) is 4.13. The van der Waals surface area contributed by atoms with Crippen LogP contribution in [0, 0.1) is 6.92 Å². The molecule has 3 aromatic carbocycles. The van der Waals surface area contributed by atoms with E-state index < -0.39 is 18.2 Å². The number of nitrogens with one attached hydrogen (secondary N) is 1. The average molecular weight is 539 g/mol. The topological polar surface area (TPSA) is 129 Å². The third-order valence-electron chi connectivity index (χ3n) is 6.28. The Labute approximate surface area is 229 Å². The van der Waals surface area contributed by atoms with Crippen LogP contribution in [0.5, 0.6) is 11.6 Å². The van der Waals surface area contributed by atoms with E-state index in [0.717, 1.165) is 22.3 Å². The molecule has 202 valence electrons. The summed E-state index contributed by atoms with van der Waals surface area (Å²) in [7, 11) is 1.66. The molecule has 0 saturated heterocycles. The molecule has 1 atom stereocenters. The molecule has 0 aliphatic heterocycles. The Bertz CT molecular complexity index is 1640. The van der Waals surface area contributed by atoms with Crippen LogP contribution < -0.4 is 10.1 Å². The first-order valence-electron chi connectivity index (χ1n) is 12.4. The van der Waals surface area contributed by atoms with Crippen molar-refractivity contribution in [1.29, 1.82) is 0 Å². The molecule has 0 fully saturated rings. The van der Waals surface area contributed by atoms with E-state index in [9.17, 15) is 14.7 Å². The van der Waals surface area contributed by atoms with Crippen molar-refractivity contribution in [3.63, 3.8) is 0 Å². The Morgan fingerprint density at radius 2 is 1.57 bits per heavy atom. The lowest BCUT2D eigenvalue weighted by atomic mass is 10.0. The number of carboxylic acid groups (broad SMARTS) is 1. The van der Waals surface area contributed by atoms with Gasteiger partial charge in [0, 0.05) is 12.6 Å². The molecule has 5 aromatic rings. The van der Waals surface area contributed by atoms with Gasteiger partial charge in [-0.3, -0.25) is 5.32 Å². The predicted octanol–water partition coefficient (Wildman–Crippen LogP) is 6.85. The van der Waals surface area contributed by atoms with Gasteiger partial charge in [0.05, 0.1) is 6.33 Å². The SMILES string of the molecule is Cc1noc(-c2ccc(-c3ccc(Oc4c(C(=O)O)ncn4C)cc3)cc2)c1NC(=O)O[C@H](C)c1ccccc1. The summed E-state index contributed by atoms with van der Waals surface area (Å²) < 4.78 is 18.3. The van der Waals surface area contributed by atoms with Crippen molar-refractivity contribution < 1.29 is 28.7 Å². The highest BCUT2D eigenvalue weighted by atomic mass is 16.6. The predicted molar refractivity (Wildman–Crippen MR) is 147 cm³/mol. The maximum absolute atomic E-state index is 12.6. The lowest BCUT2D eigenvalue weighted by Gasteiger charge is -2.14. The molecule has 40 heavy (non-hydrogen) atoms. The Hall–Kier alpha value is -5.38. The monoisotopic (exact) mass is 538 g/mol. The highest BCUT2D eigenvalue weighted by Gasteiger charge is 2.20. The van der Waals surface area contributed by atoms with Gasteiger partial charge in [-0.1, -0.05) is 71.9 Å². The van der Waals surface area contributed by atoms with E-state index in [0.29, 0.717) is 22.9 Å². The molecule has 5 rings (SSSR count). The maximum atomic E-state index is 12.6. The Morgan fingerprint density at radius 3 is 2.23 bits per heavy atom. The molecule has 2 N–H and O–H groups in total. The number of nitrogens with zero attached hydrogens (tertiary/aromatic N) is 3. The number of aromatic carboxylic acids is 1. The fraction of sp³-hybridized carbons (Fsp3) is 0.133. The molecule has 1 amide bonds. The number of ether oxygens (including phenoxy) is 2. The molecule has 0 radical (unpaired) electrons. The van der Waals surface area contributed by atoms with Gasteiger partial charge in [-0.15, -0.1) is 0 Å². The zero-order chi connectivity index (χ0) is 28.2. The first kappa shape index (κ1) is 26.2. The summed E-state index contributed by atoms with van der Waals surface area (Å²) >= 11 is 0. The van der Waals surface area contributed by atoms with Crippen LogP contribution in [0.15, 0.2) is 89.7 Å². The van der Waals surface area contributed by atoms with Gasteiger partial charge in [0.25, 0.3) is 0 Å². The number of aryl methyl sites for hydroxylation is 2. The normalized spacial score (nSPS) is 11.6. The van der Waals surface area contributed by atoms with Crippen LogP contribution in [-0.2, 0) is 11.8 Å². The van der Waals surface area contributed by atoms with Crippen LogP contribution in [-0.4, -0.2) is 31.9 Å². The molecule has 0 unspecified atom stereocenters. The smallest absolute Gasteiger partial charge is 0.412 e. The van der Waals surface area contributed by atoms with Gasteiger partial charge in [0.2, 0.25) is 11.6 Å². The second-order valence-electron chi connectivity index (χ2n) is 9.07. The van der Waals surface area contributed by atoms with Crippen molar-refractivity contribution in [2.75, 3.05) is 5.32 Å². The van der Waals surface area contributed by atoms with E-state index in [-0.39, 0.29) is 11.6 Å². The molecule has 2 heterocycles. The lowest BCUT2D eigenvalue weighted by molar-refractivity contribution is 0.0687. The van der Waals surface area contributed by atoms with Crippen LogP contribution >= 0.6 is 0 Å². The average Bonchev–Trinajstić information content (AvgIpc) is 3.51. The Balaban J connectivity index is 1.28. The molecule has 10 nitrogen and oxygen atoms in total. The molecule has 0 saturated carbocycles. The maximum Gasteiger partial charge on any atom is 0.412 e. The molecular weight excluding hydrogens is 512 g/mol. The van der Waals surface area contributed by atoms with Gasteiger partial charge in [-0.2, -0.15) is 0 Å². The second-order valence-corrected chi connectivity index (χ2v) is 9.07.